The summed E-state index contributed by atoms with van der Waals surface area (Å²) in [5.41, 5.74) is 11.1. The van der Waals surface area contributed by atoms with Crippen LogP contribution in [0.4, 0.5) is 17.1 Å². The molecule has 0 atom stereocenters. The van der Waals surface area contributed by atoms with Crippen LogP contribution in [-0.2, 0) is 0 Å². The second-order valence-electron chi connectivity index (χ2n) is 11.3. The summed E-state index contributed by atoms with van der Waals surface area (Å²) in [4.78, 5) is 2.32. The fourth-order valence-corrected chi connectivity index (χ4v) is 6.62. The fraction of sp³-hybridized carbons (Fsp3) is 0. The largest absolute Gasteiger partial charge is 0.456 e. The highest BCUT2D eigenvalue weighted by Gasteiger charge is 2.25. The van der Waals surface area contributed by atoms with Gasteiger partial charge in [-0.1, -0.05) is 115 Å². The number of anilines is 3. The van der Waals surface area contributed by atoms with Crippen LogP contribution in [0.25, 0.3) is 66.1 Å². The molecule has 0 N–H and O–H groups in total. The molecule has 0 aliphatic carbocycles. The summed E-state index contributed by atoms with van der Waals surface area (Å²) in [6.45, 7) is 0. The molecule has 9 rings (SSSR count). The van der Waals surface area contributed by atoms with Crippen molar-refractivity contribution in [2.24, 2.45) is 0 Å². The summed E-state index contributed by atoms with van der Waals surface area (Å²) in [5, 5.41) is 4.30. The molecule has 0 aliphatic heterocycles. The van der Waals surface area contributed by atoms with Crippen LogP contribution < -0.4 is 4.90 Å². The van der Waals surface area contributed by atoms with E-state index in [1.54, 1.807) is 0 Å². The zero-order valence-electron chi connectivity index (χ0n) is 24.4. The van der Waals surface area contributed by atoms with Gasteiger partial charge in [0.2, 0.25) is 0 Å². The molecule has 212 valence electrons. The Morgan fingerprint density at radius 1 is 0.356 bits per heavy atom. The van der Waals surface area contributed by atoms with Gasteiger partial charge >= 0.3 is 0 Å². The first kappa shape index (κ1) is 25.4. The first-order valence-corrected chi connectivity index (χ1v) is 15.2. The van der Waals surface area contributed by atoms with Crippen LogP contribution in [0.5, 0.6) is 0 Å². The topological polar surface area (TPSA) is 29.5 Å². The predicted octanol–water partition coefficient (Wildman–Crippen LogP) is 12.3. The van der Waals surface area contributed by atoms with E-state index in [-0.39, 0.29) is 0 Å². The summed E-state index contributed by atoms with van der Waals surface area (Å²) in [5.74, 6) is 0. The van der Waals surface area contributed by atoms with Crippen molar-refractivity contribution < 1.29 is 8.83 Å². The highest BCUT2D eigenvalue weighted by atomic mass is 16.3. The monoisotopic (exact) mass is 577 g/mol. The van der Waals surface area contributed by atoms with E-state index in [1.165, 1.54) is 11.1 Å². The molecular formula is C42H27NO2. The molecule has 0 amide bonds. The number of furan rings is 2. The van der Waals surface area contributed by atoms with Crippen molar-refractivity contribution in [3.05, 3.63) is 164 Å². The van der Waals surface area contributed by atoms with Gasteiger partial charge in [0.05, 0.1) is 5.69 Å². The van der Waals surface area contributed by atoms with Gasteiger partial charge in [-0.2, -0.15) is 0 Å². The molecule has 3 heteroatoms. The van der Waals surface area contributed by atoms with Crippen molar-refractivity contribution in [2.45, 2.75) is 0 Å². The number of rotatable bonds is 5. The van der Waals surface area contributed by atoms with Gasteiger partial charge in [-0.15, -0.1) is 0 Å². The summed E-state index contributed by atoms with van der Waals surface area (Å²) < 4.78 is 13.2. The van der Waals surface area contributed by atoms with Gasteiger partial charge in [-0.3, -0.25) is 0 Å². The van der Waals surface area contributed by atoms with Gasteiger partial charge in [0, 0.05) is 38.5 Å². The minimum atomic E-state index is 0.833. The number of benzene rings is 7. The maximum Gasteiger partial charge on any atom is 0.160 e. The van der Waals surface area contributed by atoms with Gasteiger partial charge in [-0.25, -0.2) is 0 Å². The number of nitrogens with zero attached hydrogens (tertiary/aromatic N) is 1. The van der Waals surface area contributed by atoms with Crippen LogP contribution in [0.1, 0.15) is 0 Å². The summed E-state index contributed by atoms with van der Waals surface area (Å²) in [6.07, 6.45) is 0. The number of para-hydroxylation sites is 3. The molecule has 0 saturated heterocycles. The van der Waals surface area contributed by atoms with E-state index in [4.69, 9.17) is 8.83 Å². The zero-order valence-corrected chi connectivity index (χ0v) is 24.4. The standard InChI is InChI=1S/C42H27NO2/c1-4-12-28(13-5-1)29-20-22-30(23-21-29)33-24-25-35-40-38(27-26-37-39(40)34-18-10-11-19-36(34)44-37)45-42(35)41(33)43(31-14-6-2-7-15-31)32-16-8-3-9-17-32/h1-27H. The van der Waals surface area contributed by atoms with E-state index >= 15 is 0 Å². The van der Waals surface area contributed by atoms with Crippen LogP contribution in [0.15, 0.2) is 173 Å². The molecule has 2 heterocycles. The summed E-state index contributed by atoms with van der Waals surface area (Å²) >= 11 is 0. The van der Waals surface area contributed by atoms with E-state index in [2.05, 4.69) is 144 Å². The molecule has 0 saturated carbocycles. The minimum Gasteiger partial charge on any atom is -0.456 e. The van der Waals surface area contributed by atoms with E-state index in [0.717, 1.165) is 72.1 Å². The Kier molecular flexibility index (Phi) is 5.82. The highest BCUT2D eigenvalue weighted by molar-refractivity contribution is 6.27. The van der Waals surface area contributed by atoms with Crippen LogP contribution in [0.2, 0.25) is 0 Å². The third-order valence-corrected chi connectivity index (χ3v) is 8.67. The normalized spacial score (nSPS) is 11.6. The van der Waals surface area contributed by atoms with Crippen LogP contribution in [0.3, 0.4) is 0 Å². The zero-order chi connectivity index (χ0) is 29.7. The average molecular weight is 578 g/mol. The molecular weight excluding hydrogens is 550 g/mol. The number of fused-ring (bicyclic) bond motifs is 7. The molecule has 2 aromatic heterocycles. The lowest BCUT2D eigenvalue weighted by Crippen LogP contribution is -2.11. The van der Waals surface area contributed by atoms with Gasteiger partial charge in [0.15, 0.2) is 5.58 Å². The second-order valence-corrected chi connectivity index (χ2v) is 11.3. The lowest BCUT2D eigenvalue weighted by Gasteiger charge is -2.28. The Hall–Kier alpha value is -6.06. The lowest BCUT2D eigenvalue weighted by molar-refractivity contribution is 0.663. The average Bonchev–Trinajstić information content (AvgIpc) is 3.68. The Morgan fingerprint density at radius 2 is 0.889 bits per heavy atom. The molecule has 7 aromatic carbocycles. The first-order chi connectivity index (χ1) is 22.3. The third-order valence-electron chi connectivity index (χ3n) is 8.67. The maximum absolute atomic E-state index is 6.91. The number of hydrogen-bond donors (Lipinski definition) is 0. The van der Waals surface area contributed by atoms with E-state index in [9.17, 15) is 0 Å². The predicted molar refractivity (Wildman–Crippen MR) is 187 cm³/mol. The second kappa shape index (κ2) is 10.3. The smallest absolute Gasteiger partial charge is 0.160 e. The minimum absolute atomic E-state index is 0.833. The Morgan fingerprint density at radius 3 is 1.58 bits per heavy atom. The van der Waals surface area contributed by atoms with E-state index < -0.39 is 0 Å². The maximum atomic E-state index is 6.91. The Balaban J connectivity index is 1.37. The first-order valence-electron chi connectivity index (χ1n) is 15.2. The van der Waals surface area contributed by atoms with Crippen molar-refractivity contribution in [2.75, 3.05) is 4.90 Å². The van der Waals surface area contributed by atoms with Crippen LogP contribution >= 0.6 is 0 Å². The molecule has 45 heavy (non-hydrogen) atoms. The van der Waals surface area contributed by atoms with Crippen LogP contribution in [-0.4, -0.2) is 0 Å². The van der Waals surface area contributed by atoms with Crippen molar-refractivity contribution >= 4 is 60.9 Å². The van der Waals surface area contributed by atoms with Crippen molar-refractivity contribution in [1.82, 2.24) is 0 Å². The third kappa shape index (κ3) is 4.13. The van der Waals surface area contributed by atoms with Crippen LogP contribution in [0, 0.1) is 0 Å². The highest BCUT2D eigenvalue weighted by Crippen LogP contribution is 2.49. The van der Waals surface area contributed by atoms with Gasteiger partial charge in [0.1, 0.15) is 16.7 Å². The van der Waals surface area contributed by atoms with Crippen molar-refractivity contribution in [3.8, 4) is 22.3 Å². The Bertz CT molecular complexity index is 2420. The number of hydrogen-bond acceptors (Lipinski definition) is 3. The quantitative estimate of drug-likeness (QED) is 0.204. The van der Waals surface area contributed by atoms with Gasteiger partial charge in [0.25, 0.3) is 0 Å². The lowest BCUT2D eigenvalue weighted by atomic mass is 9.96. The van der Waals surface area contributed by atoms with Gasteiger partial charge < -0.3 is 13.7 Å². The molecule has 0 unspecified atom stereocenters. The van der Waals surface area contributed by atoms with E-state index in [0.29, 0.717) is 0 Å². The molecule has 0 bridgehead atoms. The SMILES string of the molecule is c1ccc(-c2ccc(-c3ccc4c(oc5ccc6oc7ccccc7c6c54)c3N(c3ccccc3)c3ccccc3)cc2)cc1. The molecule has 9 aromatic rings. The summed E-state index contributed by atoms with van der Waals surface area (Å²) in [7, 11) is 0. The van der Waals surface area contributed by atoms with Crippen molar-refractivity contribution in [3.63, 3.8) is 0 Å². The fourth-order valence-electron chi connectivity index (χ4n) is 6.62. The molecule has 3 nitrogen and oxygen atoms in total. The molecule has 0 spiro atoms. The van der Waals surface area contributed by atoms with E-state index in [1.807, 2.05) is 24.3 Å². The molecule has 0 radical (unpaired) electrons. The molecule has 0 aliphatic rings. The molecule has 0 fully saturated rings. The summed E-state index contributed by atoms with van der Waals surface area (Å²) in [6, 6.07) is 57.1. The Labute approximate surface area is 260 Å². The van der Waals surface area contributed by atoms with Gasteiger partial charge in [-0.05, 0) is 65.2 Å². The van der Waals surface area contributed by atoms with Crippen molar-refractivity contribution in [1.29, 1.82) is 0 Å².